The molecule has 6 amide bonds. The van der Waals surface area contributed by atoms with Gasteiger partial charge in [-0.3, -0.25) is 14.6 Å². The first kappa shape index (κ1) is 41.5. The molecule has 3 aliphatic rings. The van der Waals surface area contributed by atoms with Crippen molar-refractivity contribution in [2.24, 2.45) is 16.8 Å². The number of amidine groups is 1. The highest BCUT2D eigenvalue weighted by atomic mass is 16.5. The van der Waals surface area contributed by atoms with E-state index in [0.29, 0.717) is 24.7 Å². The molecule has 5 N–H and O–H groups in total. The molecule has 2 saturated heterocycles. The van der Waals surface area contributed by atoms with Crippen molar-refractivity contribution in [3.05, 3.63) is 66.1 Å². The number of hydrogen-bond acceptors (Lipinski definition) is 10. The van der Waals surface area contributed by atoms with E-state index in [0.717, 1.165) is 40.8 Å². The number of nitrogens with zero attached hydrogens (tertiary/aromatic N) is 5. The lowest BCUT2D eigenvalue weighted by atomic mass is 9.99. The highest BCUT2D eigenvalue weighted by molar-refractivity contribution is 5.96. The van der Waals surface area contributed by atoms with Crippen LogP contribution in [0.25, 0.3) is 22.4 Å². The number of benzene rings is 2. The van der Waals surface area contributed by atoms with E-state index in [1.165, 1.54) is 14.2 Å². The summed E-state index contributed by atoms with van der Waals surface area (Å²) in [5.74, 6) is 0.492. The minimum absolute atomic E-state index is 0.0479. The van der Waals surface area contributed by atoms with E-state index in [2.05, 4.69) is 67.6 Å². The van der Waals surface area contributed by atoms with Gasteiger partial charge in [0.2, 0.25) is 11.8 Å². The fraction of sp³-hybridized carbons (Fsp3) is 0.488. The van der Waals surface area contributed by atoms with Crippen molar-refractivity contribution < 1.29 is 33.4 Å². The first-order valence-electron chi connectivity index (χ1n) is 19.7. The molecule has 0 radical (unpaired) electrons. The van der Waals surface area contributed by atoms with Gasteiger partial charge in [0, 0.05) is 13.6 Å². The Morgan fingerprint density at radius 3 is 1.93 bits per heavy atom. The van der Waals surface area contributed by atoms with E-state index >= 15 is 0 Å². The zero-order valence-electron chi connectivity index (χ0n) is 34.1. The molecule has 0 spiro atoms. The third kappa shape index (κ3) is 8.87. The molecule has 2 aromatic carbocycles. The van der Waals surface area contributed by atoms with Gasteiger partial charge in [-0.15, -0.1) is 0 Å². The molecule has 3 aromatic rings. The number of carbonyl (C=O) groups excluding carboxylic acids is 5. The largest absolute Gasteiger partial charge is 0.453 e. The molecular weight excluding hydrogens is 745 g/mol. The number of imidazole rings is 1. The average molecular weight is 799 g/mol. The van der Waals surface area contributed by atoms with Gasteiger partial charge in [0.25, 0.3) is 0 Å². The SMILES string of the molecule is CNC(=O)N1C[C@@H](C2=NCC(c3ccc(-c4ccc(-c5cnc([C@@H]6CCCN6C(=O)[C@@H](NC(=O)OC)C(C)C)[nH]5)cc4)cc3)N2)N(C(=O)[C@@H](NC(=O)OC)C(C)C)C1. The highest BCUT2D eigenvalue weighted by Crippen LogP contribution is 2.33. The number of carbonyl (C=O) groups is 5. The van der Waals surface area contributed by atoms with E-state index in [9.17, 15) is 24.0 Å². The smallest absolute Gasteiger partial charge is 0.407 e. The van der Waals surface area contributed by atoms with Crippen molar-refractivity contribution in [3.63, 3.8) is 0 Å². The molecule has 1 aromatic heterocycles. The fourth-order valence-corrected chi connectivity index (χ4v) is 7.73. The molecule has 310 valence electrons. The number of aromatic nitrogens is 2. The zero-order chi connectivity index (χ0) is 41.7. The summed E-state index contributed by atoms with van der Waals surface area (Å²) in [4.78, 5) is 81.9. The van der Waals surface area contributed by atoms with Gasteiger partial charge in [0.1, 0.15) is 29.8 Å². The average Bonchev–Trinajstić information content (AvgIpc) is 4.07. The fourth-order valence-electron chi connectivity index (χ4n) is 7.73. The van der Waals surface area contributed by atoms with Crippen molar-refractivity contribution in [2.75, 3.05) is 47.6 Å². The summed E-state index contributed by atoms with van der Waals surface area (Å²) in [6, 6.07) is 13.7. The third-order valence-electron chi connectivity index (χ3n) is 11.0. The molecule has 17 nitrogen and oxygen atoms in total. The van der Waals surface area contributed by atoms with Crippen LogP contribution in [0.5, 0.6) is 0 Å². The minimum atomic E-state index is -0.849. The van der Waals surface area contributed by atoms with Gasteiger partial charge in [0.15, 0.2) is 0 Å². The van der Waals surface area contributed by atoms with Gasteiger partial charge in [0.05, 0.1) is 58.0 Å². The molecule has 5 atom stereocenters. The van der Waals surface area contributed by atoms with Crippen molar-refractivity contribution in [2.45, 2.75) is 70.7 Å². The molecule has 0 aliphatic carbocycles. The number of ether oxygens (including phenoxy) is 2. The number of urea groups is 1. The Balaban J connectivity index is 1.10. The van der Waals surface area contributed by atoms with Crippen LogP contribution in [0.3, 0.4) is 0 Å². The number of hydrogen-bond donors (Lipinski definition) is 5. The number of aromatic amines is 1. The molecule has 0 bridgehead atoms. The Kier molecular flexibility index (Phi) is 12.9. The quantitative estimate of drug-likeness (QED) is 0.190. The number of amides is 6. The Morgan fingerprint density at radius 1 is 0.793 bits per heavy atom. The molecule has 2 fully saturated rings. The first-order valence-corrected chi connectivity index (χ1v) is 19.7. The van der Waals surface area contributed by atoms with Gasteiger partial charge >= 0.3 is 18.2 Å². The predicted octanol–water partition coefficient (Wildman–Crippen LogP) is 4.02. The second-order valence-electron chi connectivity index (χ2n) is 15.5. The van der Waals surface area contributed by atoms with Crippen LogP contribution in [-0.4, -0.2) is 126 Å². The van der Waals surface area contributed by atoms with E-state index < -0.39 is 30.3 Å². The van der Waals surface area contributed by atoms with E-state index in [1.54, 1.807) is 27.9 Å². The lowest BCUT2D eigenvalue weighted by molar-refractivity contribution is -0.136. The maximum Gasteiger partial charge on any atom is 0.407 e. The van der Waals surface area contributed by atoms with Crippen LogP contribution in [0.2, 0.25) is 0 Å². The Labute approximate surface area is 338 Å². The monoisotopic (exact) mass is 798 g/mol. The highest BCUT2D eigenvalue weighted by Gasteiger charge is 2.44. The van der Waals surface area contributed by atoms with Crippen molar-refractivity contribution in [3.8, 4) is 22.4 Å². The Morgan fingerprint density at radius 2 is 1.36 bits per heavy atom. The number of likely N-dealkylation sites (tertiary alicyclic amines) is 1. The van der Waals surface area contributed by atoms with Crippen molar-refractivity contribution in [1.29, 1.82) is 0 Å². The van der Waals surface area contributed by atoms with Gasteiger partial charge in [-0.1, -0.05) is 76.2 Å². The summed E-state index contributed by atoms with van der Waals surface area (Å²) >= 11 is 0. The predicted molar refractivity (Wildman–Crippen MR) is 216 cm³/mol. The number of H-pyrrole nitrogens is 1. The van der Waals surface area contributed by atoms with Gasteiger partial charge < -0.3 is 50.4 Å². The number of methoxy groups -OCH3 is 2. The van der Waals surface area contributed by atoms with Gasteiger partial charge in [-0.2, -0.15) is 0 Å². The number of nitrogens with one attached hydrogen (secondary N) is 5. The zero-order valence-corrected chi connectivity index (χ0v) is 34.1. The summed E-state index contributed by atoms with van der Waals surface area (Å²) < 4.78 is 9.51. The van der Waals surface area contributed by atoms with Crippen LogP contribution in [0.15, 0.2) is 59.7 Å². The second kappa shape index (κ2) is 18.0. The van der Waals surface area contributed by atoms with E-state index in [1.807, 2.05) is 39.8 Å². The van der Waals surface area contributed by atoms with Crippen LogP contribution < -0.4 is 21.3 Å². The Bertz CT molecular complexity index is 2000. The van der Waals surface area contributed by atoms with E-state index in [-0.39, 0.29) is 55.0 Å². The minimum Gasteiger partial charge on any atom is -0.453 e. The van der Waals surface area contributed by atoms with Crippen LogP contribution in [0, 0.1) is 11.8 Å². The molecular formula is C41H54N10O7. The molecule has 4 heterocycles. The molecule has 58 heavy (non-hydrogen) atoms. The summed E-state index contributed by atoms with van der Waals surface area (Å²) in [6.45, 7) is 8.79. The molecule has 6 rings (SSSR count). The van der Waals surface area contributed by atoms with Crippen molar-refractivity contribution >= 4 is 35.9 Å². The summed E-state index contributed by atoms with van der Waals surface area (Å²) in [6.07, 6.45) is 2.05. The van der Waals surface area contributed by atoms with Gasteiger partial charge in [-0.25, -0.2) is 19.4 Å². The topological polar surface area (TPSA) is 203 Å². The number of alkyl carbamates (subject to hydrolysis) is 2. The maximum absolute atomic E-state index is 13.8. The second-order valence-corrected chi connectivity index (χ2v) is 15.5. The van der Waals surface area contributed by atoms with Crippen LogP contribution in [-0.2, 0) is 19.1 Å². The Hall–Kier alpha value is -6.13. The lowest BCUT2D eigenvalue weighted by Crippen LogP contribution is -2.55. The standard InChI is InChI=1S/C41H54N10O7/c1-23(2)33(47-40(55)57-6)37(52)50-18-8-9-31(50)35-43-19-29(45-35)27-14-10-25(11-15-27)26-12-16-28(17-13-26)30-20-44-36(46-30)32-21-49(39(54)42-5)22-51(32)38(53)34(24(3)4)48-41(56)58-7/h10-17,19,23-24,30-34H,8-9,18,20-22H2,1-7H3,(H,42,54)(H,43,45)(H,44,46)(H,47,55)(H,48,56)/t30?,31-,32-,33-,34-/m0/s1. The first-order chi connectivity index (χ1) is 27.8. The third-order valence-corrected chi connectivity index (χ3v) is 11.0. The van der Waals surface area contributed by atoms with Crippen LogP contribution >= 0.6 is 0 Å². The summed E-state index contributed by atoms with van der Waals surface area (Å²) in [5.41, 5.74) is 4.89. The lowest BCUT2D eigenvalue weighted by Gasteiger charge is -2.30. The normalized spacial score (nSPS) is 20.1. The number of aliphatic imine (C=N–C) groups is 1. The van der Waals surface area contributed by atoms with Crippen molar-refractivity contribution in [1.82, 2.24) is 45.9 Å². The molecule has 3 aliphatic heterocycles. The molecule has 17 heteroatoms. The van der Waals surface area contributed by atoms with E-state index in [4.69, 9.17) is 14.5 Å². The number of rotatable bonds is 11. The summed E-state index contributed by atoms with van der Waals surface area (Å²) in [7, 11) is 4.07. The van der Waals surface area contributed by atoms with Crippen LogP contribution in [0.1, 0.15) is 64.0 Å². The summed E-state index contributed by atoms with van der Waals surface area (Å²) in [5, 5.41) is 11.5. The van der Waals surface area contributed by atoms with Gasteiger partial charge in [-0.05, 0) is 46.9 Å². The molecule has 1 unspecified atom stereocenters. The van der Waals surface area contributed by atoms with Crippen LogP contribution in [0.4, 0.5) is 14.4 Å². The molecule has 0 saturated carbocycles. The maximum atomic E-state index is 13.8.